The van der Waals surface area contributed by atoms with Crippen molar-refractivity contribution in [3.63, 3.8) is 0 Å². The third-order valence-corrected chi connectivity index (χ3v) is 11.6. The van der Waals surface area contributed by atoms with E-state index in [0.29, 0.717) is 0 Å². The lowest BCUT2D eigenvalue weighted by Crippen LogP contribution is -1.77. The lowest BCUT2D eigenvalue weighted by molar-refractivity contribution is 0.614. The molecule has 0 radical (unpaired) electrons. The molecule has 0 fully saturated rings. The van der Waals surface area contributed by atoms with Gasteiger partial charge in [0.15, 0.2) is 0 Å². The number of unbranched alkanes of at least 4 members (excludes halogenated alkanes) is 12. The molecule has 4 heterocycles. The van der Waals surface area contributed by atoms with Crippen molar-refractivity contribution in [2.24, 2.45) is 0 Å². The Balaban J connectivity index is 1.27. The molecule has 0 aromatic carbocycles. The van der Waals surface area contributed by atoms with E-state index in [4.69, 9.17) is 0 Å². The maximum atomic E-state index is 3.39. The van der Waals surface area contributed by atoms with Crippen LogP contribution in [0.4, 0.5) is 0 Å². The summed E-state index contributed by atoms with van der Waals surface area (Å²) in [4.78, 5) is 10.3. The number of hydrogen-bond acceptors (Lipinski definition) is 4. The van der Waals surface area contributed by atoms with Gasteiger partial charge in [0.2, 0.25) is 0 Å². The highest BCUT2D eigenvalue weighted by Crippen LogP contribution is 2.42. The van der Waals surface area contributed by atoms with Crippen LogP contribution in [0.5, 0.6) is 0 Å². The first-order valence-corrected chi connectivity index (χ1v) is 18.4. The molecule has 0 unspecified atom stereocenters. The third kappa shape index (κ3) is 10.1. The molecule has 0 aliphatic rings. The van der Waals surface area contributed by atoms with Gasteiger partial charge in [0.05, 0.1) is 9.75 Å². The van der Waals surface area contributed by atoms with E-state index >= 15 is 0 Å². The summed E-state index contributed by atoms with van der Waals surface area (Å²) in [6, 6.07) is 17.9. The third-order valence-electron chi connectivity index (χ3n) is 6.89. The van der Waals surface area contributed by atoms with E-state index in [-0.39, 0.29) is 0 Å². The maximum Gasteiger partial charge on any atom is 0.0775 e. The van der Waals surface area contributed by atoms with Gasteiger partial charge >= 0.3 is 0 Å². The normalized spacial score (nSPS) is 10.8. The van der Waals surface area contributed by atoms with Crippen molar-refractivity contribution in [2.45, 2.75) is 104 Å². The van der Waals surface area contributed by atoms with Crippen LogP contribution in [-0.2, 0) is 0 Å². The summed E-state index contributed by atoms with van der Waals surface area (Å²) in [6.45, 7) is 4.54. The molecule has 0 bridgehead atoms. The van der Waals surface area contributed by atoms with Crippen LogP contribution in [-0.4, -0.2) is 0 Å². The zero-order valence-corrected chi connectivity index (χ0v) is 27.4. The molecule has 0 N–H and O–H groups in total. The second-order valence-electron chi connectivity index (χ2n) is 10.3. The van der Waals surface area contributed by atoms with Crippen molar-refractivity contribution >= 4 is 45.3 Å². The van der Waals surface area contributed by atoms with E-state index in [0.717, 1.165) is 12.8 Å². The zero-order chi connectivity index (χ0) is 27.8. The van der Waals surface area contributed by atoms with Gasteiger partial charge in [0.25, 0.3) is 0 Å². The van der Waals surface area contributed by atoms with Gasteiger partial charge in [-0.05, 0) is 61.4 Å². The van der Waals surface area contributed by atoms with Gasteiger partial charge in [-0.15, -0.1) is 45.3 Å². The first-order chi connectivity index (χ1) is 19.8. The summed E-state index contributed by atoms with van der Waals surface area (Å²) in [7, 11) is 0. The molecule has 0 amide bonds. The Bertz CT molecular complexity index is 1290. The molecule has 210 valence electrons. The van der Waals surface area contributed by atoms with E-state index in [1.807, 2.05) is 45.3 Å². The van der Waals surface area contributed by atoms with Crippen LogP contribution in [0.2, 0.25) is 0 Å². The molecule has 0 aliphatic heterocycles. The largest absolute Gasteiger partial charge is 0.134 e. The lowest BCUT2D eigenvalue weighted by atomic mass is 10.1. The molecule has 0 spiro atoms. The maximum absolute atomic E-state index is 3.39. The first kappa shape index (κ1) is 30.9. The summed E-state index contributed by atoms with van der Waals surface area (Å²) in [6.07, 6.45) is 17.9. The first-order valence-electron chi connectivity index (χ1n) is 15.1. The van der Waals surface area contributed by atoms with E-state index in [2.05, 4.69) is 86.1 Å². The van der Waals surface area contributed by atoms with Gasteiger partial charge in [-0.25, -0.2) is 0 Å². The van der Waals surface area contributed by atoms with E-state index in [9.17, 15) is 0 Å². The van der Waals surface area contributed by atoms with E-state index in [1.54, 1.807) is 0 Å². The monoisotopic (exact) mass is 602 g/mol. The van der Waals surface area contributed by atoms with Crippen LogP contribution >= 0.6 is 45.3 Å². The van der Waals surface area contributed by atoms with Crippen molar-refractivity contribution in [1.29, 1.82) is 0 Å². The number of rotatable bonds is 15. The molecule has 4 heteroatoms. The molecule has 4 aromatic rings. The fraction of sp³-hybridized carbons (Fsp3) is 0.444. The van der Waals surface area contributed by atoms with Gasteiger partial charge in [-0.1, -0.05) is 102 Å². The smallest absolute Gasteiger partial charge is 0.0775 e. The highest BCUT2D eigenvalue weighted by Gasteiger charge is 2.11. The quantitative estimate of drug-likeness (QED) is 0.0938. The highest BCUT2D eigenvalue weighted by atomic mass is 32.1. The van der Waals surface area contributed by atoms with Crippen LogP contribution in [0.3, 0.4) is 0 Å². The second kappa shape index (κ2) is 17.7. The summed E-state index contributed by atoms with van der Waals surface area (Å²) >= 11 is 7.40. The second-order valence-corrected chi connectivity index (χ2v) is 14.6. The molecule has 0 saturated carbocycles. The Labute approximate surface area is 258 Å². The van der Waals surface area contributed by atoms with Crippen molar-refractivity contribution in [1.82, 2.24) is 0 Å². The predicted molar refractivity (Wildman–Crippen MR) is 184 cm³/mol. The molecular formula is C36H42S4. The van der Waals surface area contributed by atoms with Crippen LogP contribution in [0, 0.1) is 23.7 Å². The van der Waals surface area contributed by atoms with Crippen molar-refractivity contribution in [3.05, 3.63) is 58.3 Å². The Morgan fingerprint density at radius 2 is 0.725 bits per heavy atom. The Kier molecular flexibility index (Phi) is 13.6. The molecule has 4 rings (SSSR count). The topological polar surface area (TPSA) is 0 Å². The number of hydrogen-bond donors (Lipinski definition) is 0. The van der Waals surface area contributed by atoms with Crippen LogP contribution in [0.25, 0.3) is 29.3 Å². The average Bonchev–Trinajstić information content (AvgIpc) is 3.78. The summed E-state index contributed by atoms with van der Waals surface area (Å²) in [5.41, 5.74) is 0. The minimum atomic E-state index is 1.01. The van der Waals surface area contributed by atoms with Crippen LogP contribution in [0.1, 0.15) is 113 Å². The Morgan fingerprint density at radius 3 is 1.12 bits per heavy atom. The minimum Gasteiger partial charge on any atom is -0.134 e. The molecule has 0 saturated heterocycles. The molecule has 40 heavy (non-hydrogen) atoms. The Hall–Kier alpha value is -2.08. The number of thiophene rings is 4. The van der Waals surface area contributed by atoms with E-state index < -0.39 is 0 Å². The zero-order valence-electron chi connectivity index (χ0n) is 24.2. The molecule has 0 aliphatic carbocycles. The average molecular weight is 603 g/mol. The van der Waals surface area contributed by atoms with Gasteiger partial charge in [-0.3, -0.25) is 0 Å². The van der Waals surface area contributed by atoms with E-state index in [1.165, 1.54) is 116 Å². The SMILES string of the molecule is CCCCCCCCC#Cc1ccc(-c2ccc(-c3ccc(-c4ccc(C#CCCCCCCCC)s4)s3)s2)s1. The predicted octanol–water partition coefficient (Wildman–Crippen LogP) is 13.1. The summed E-state index contributed by atoms with van der Waals surface area (Å²) in [5, 5.41) is 0. The fourth-order valence-electron chi connectivity index (χ4n) is 4.57. The molecule has 0 nitrogen and oxygen atoms in total. The van der Waals surface area contributed by atoms with Crippen molar-refractivity contribution in [2.75, 3.05) is 0 Å². The standard InChI is InChI=1S/C36H42S4/c1-3-5-7-9-11-13-15-17-19-29-21-23-31(37-29)33-25-27-35(39-33)36-28-26-34(40-36)32-24-22-30(38-32)20-18-16-14-12-10-8-6-4-2/h21-28H,3-16H2,1-2H3. The fourth-order valence-corrected chi connectivity index (χ4v) is 8.61. The molecule has 0 atom stereocenters. The van der Waals surface area contributed by atoms with Crippen LogP contribution in [0.15, 0.2) is 48.5 Å². The van der Waals surface area contributed by atoms with Gasteiger partial charge in [0, 0.05) is 42.1 Å². The lowest BCUT2D eigenvalue weighted by Gasteiger charge is -1.96. The summed E-state index contributed by atoms with van der Waals surface area (Å²) < 4.78 is 0. The van der Waals surface area contributed by atoms with Crippen molar-refractivity contribution in [3.8, 4) is 52.9 Å². The van der Waals surface area contributed by atoms with Gasteiger partial charge in [-0.2, -0.15) is 0 Å². The summed E-state index contributed by atoms with van der Waals surface area (Å²) in [5.74, 6) is 13.6. The Morgan fingerprint density at radius 1 is 0.400 bits per heavy atom. The van der Waals surface area contributed by atoms with Gasteiger partial charge < -0.3 is 0 Å². The van der Waals surface area contributed by atoms with Crippen molar-refractivity contribution < 1.29 is 0 Å². The minimum absolute atomic E-state index is 1.01. The molecule has 4 aromatic heterocycles. The van der Waals surface area contributed by atoms with Gasteiger partial charge in [0.1, 0.15) is 0 Å². The van der Waals surface area contributed by atoms with Crippen LogP contribution < -0.4 is 0 Å². The highest BCUT2D eigenvalue weighted by molar-refractivity contribution is 7.28. The molecular weight excluding hydrogens is 561 g/mol.